The summed E-state index contributed by atoms with van der Waals surface area (Å²) in [5.41, 5.74) is 1.73. The van der Waals surface area contributed by atoms with E-state index in [4.69, 9.17) is 4.74 Å². The van der Waals surface area contributed by atoms with E-state index in [0.29, 0.717) is 5.88 Å². The van der Waals surface area contributed by atoms with E-state index in [1.807, 2.05) is 50.3 Å². The van der Waals surface area contributed by atoms with Crippen molar-refractivity contribution in [1.29, 1.82) is 0 Å². The number of rotatable bonds is 7. The number of hydrogen-bond donors (Lipinski definition) is 0. The largest absolute Gasteiger partial charge is 0.474 e. The van der Waals surface area contributed by atoms with E-state index in [-0.39, 0.29) is 6.10 Å². The SMILES string of the molecule is C=CCC(C)Oc1ccc(/N=C/N(C)CC)c(C)n1. The molecule has 0 aliphatic carbocycles. The van der Waals surface area contributed by atoms with E-state index in [2.05, 4.69) is 23.5 Å². The van der Waals surface area contributed by atoms with Gasteiger partial charge in [-0.1, -0.05) is 6.08 Å². The number of aryl methyl sites for hydroxylation is 1. The average Bonchev–Trinajstić information content (AvgIpc) is 2.37. The van der Waals surface area contributed by atoms with Gasteiger partial charge in [-0.25, -0.2) is 9.98 Å². The second kappa shape index (κ2) is 7.56. The highest BCUT2D eigenvalue weighted by atomic mass is 16.5. The van der Waals surface area contributed by atoms with Crippen molar-refractivity contribution in [2.45, 2.75) is 33.3 Å². The molecule has 0 saturated heterocycles. The second-order valence-corrected chi connectivity index (χ2v) is 4.52. The number of pyridine rings is 1. The van der Waals surface area contributed by atoms with E-state index in [1.165, 1.54) is 0 Å². The molecule has 1 unspecified atom stereocenters. The van der Waals surface area contributed by atoms with Crippen molar-refractivity contribution in [2.24, 2.45) is 4.99 Å². The maximum Gasteiger partial charge on any atom is 0.213 e. The lowest BCUT2D eigenvalue weighted by molar-refractivity contribution is 0.216. The van der Waals surface area contributed by atoms with Gasteiger partial charge in [-0.05, 0) is 26.8 Å². The summed E-state index contributed by atoms with van der Waals surface area (Å²) in [5, 5.41) is 0. The Morgan fingerprint density at radius 3 is 2.84 bits per heavy atom. The molecule has 1 aromatic rings. The van der Waals surface area contributed by atoms with Crippen molar-refractivity contribution in [3.05, 3.63) is 30.5 Å². The summed E-state index contributed by atoms with van der Waals surface area (Å²) >= 11 is 0. The molecule has 4 heteroatoms. The van der Waals surface area contributed by atoms with Crippen molar-refractivity contribution >= 4 is 12.0 Å². The lowest BCUT2D eigenvalue weighted by Gasteiger charge is -2.13. The summed E-state index contributed by atoms with van der Waals surface area (Å²) in [6, 6.07) is 3.78. The van der Waals surface area contributed by atoms with Crippen LogP contribution in [0.25, 0.3) is 0 Å². The first kappa shape index (κ1) is 15.2. The fraction of sp³-hybridized carbons (Fsp3) is 0.467. The van der Waals surface area contributed by atoms with Crippen LogP contribution in [0.15, 0.2) is 29.8 Å². The minimum Gasteiger partial charge on any atom is -0.474 e. The van der Waals surface area contributed by atoms with Gasteiger partial charge < -0.3 is 9.64 Å². The first-order chi connectivity index (χ1) is 9.06. The summed E-state index contributed by atoms with van der Waals surface area (Å²) in [6.07, 6.45) is 4.55. The molecule has 0 N–H and O–H groups in total. The van der Waals surface area contributed by atoms with Crippen molar-refractivity contribution in [3.8, 4) is 5.88 Å². The van der Waals surface area contributed by atoms with Gasteiger partial charge in [-0.3, -0.25) is 0 Å². The van der Waals surface area contributed by atoms with Gasteiger partial charge >= 0.3 is 0 Å². The maximum atomic E-state index is 5.69. The highest BCUT2D eigenvalue weighted by Gasteiger charge is 2.05. The predicted octanol–water partition coefficient (Wildman–Crippen LogP) is 3.34. The Morgan fingerprint density at radius 1 is 1.53 bits per heavy atom. The molecular weight excluding hydrogens is 238 g/mol. The molecule has 1 heterocycles. The number of ether oxygens (including phenoxy) is 1. The third-order valence-electron chi connectivity index (χ3n) is 2.75. The number of aliphatic imine (C=N–C) groups is 1. The lowest BCUT2D eigenvalue weighted by Crippen LogP contribution is -2.14. The Kier molecular flexibility index (Phi) is 6.06. The Morgan fingerprint density at radius 2 is 2.26 bits per heavy atom. The van der Waals surface area contributed by atoms with Crippen LogP contribution in [0.4, 0.5) is 5.69 Å². The van der Waals surface area contributed by atoms with Gasteiger partial charge in [0, 0.05) is 26.1 Å². The predicted molar refractivity (Wildman–Crippen MR) is 80.3 cm³/mol. The van der Waals surface area contributed by atoms with Gasteiger partial charge in [0.2, 0.25) is 5.88 Å². The molecule has 0 aliphatic heterocycles. The van der Waals surface area contributed by atoms with Crippen molar-refractivity contribution in [3.63, 3.8) is 0 Å². The zero-order valence-corrected chi connectivity index (χ0v) is 12.3. The molecule has 0 saturated carbocycles. The second-order valence-electron chi connectivity index (χ2n) is 4.52. The van der Waals surface area contributed by atoms with Gasteiger partial charge in [0.25, 0.3) is 0 Å². The zero-order valence-electron chi connectivity index (χ0n) is 12.3. The molecule has 0 amide bonds. The lowest BCUT2D eigenvalue weighted by atomic mass is 10.3. The van der Waals surface area contributed by atoms with Crippen LogP contribution in [-0.2, 0) is 0 Å². The minimum absolute atomic E-state index is 0.0879. The van der Waals surface area contributed by atoms with E-state index in [9.17, 15) is 0 Å². The molecule has 0 aliphatic rings. The molecule has 0 bridgehead atoms. The van der Waals surface area contributed by atoms with Gasteiger partial charge in [0.05, 0.1) is 17.7 Å². The smallest absolute Gasteiger partial charge is 0.213 e. The summed E-state index contributed by atoms with van der Waals surface area (Å²) < 4.78 is 5.69. The molecule has 0 spiro atoms. The van der Waals surface area contributed by atoms with Crippen LogP contribution in [-0.4, -0.2) is 35.9 Å². The maximum absolute atomic E-state index is 5.69. The van der Waals surface area contributed by atoms with Gasteiger partial charge in [-0.2, -0.15) is 0 Å². The number of hydrogen-bond acceptors (Lipinski definition) is 3. The molecule has 0 fully saturated rings. The molecule has 4 nitrogen and oxygen atoms in total. The monoisotopic (exact) mass is 261 g/mol. The Bertz CT molecular complexity index is 443. The van der Waals surface area contributed by atoms with Crippen molar-refractivity contribution < 1.29 is 4.74 Å². The highest BCUT2D eigenvalue weighted by Crippen LogP contribution is 2.20. The van der Waals surface area contributed by atoms with Crippen LogP contribution < -0.4 is 4.74 Å². The van der Waals surface area contributed by atoms with Crippen LogP contribution >= 0.6 is 0 Å². The van der Waals surface area contributed by atoms with Gasteiger partial charge in [-0.15, -0.1) is 6.58 Å². The van der Waals surface area contributed by atoms with Crippen LogP contribution in [0.5, 0.6) is 5.88 Å². The van der Waals surface area contributed by atoms with E-state index >= 15 is 0 Å². The Labute approximate surface area is 115 Å². The summed E-state index contributed by atoms with van der Waals surface area (Å²) in [5.74, 6) is 0.634. The van der Waals surface area contributed by atoms with Crippen LogP contribution in [0.3, 0.4) is 0 Å². The zero-order chi connectivity index (χ0) is 14.3. The number of nitrogens with zero attached hydrogens (tertiary/aromatic N) is 3. The van der Waals surface area contributed by atoms with Crippen LogP contribution in [0.2, 0.25) is 0 Å². The Balaban J connectivity index is 2.74. The van der Waals surface area contributed by atoms with Gasteiger partial charge in [0.1, 0.15) is 6.10 Å². The van der Waals surface area contributed by atoms with E-state index in [1.54, 1.807) is 0 Å². The quantitative estimate of drug-likeness (QED) is 0.429. The molecular formula is C15H23N3O. The van der Waals surface area contributed by atoms with Crippen molar-refractivity contribution in [1.82, 2.24) is 9.88 Å². The summed E-state index contributed by atoms with van der Waals surface area (Å²) in [4.78, 5) is 10.8. The first-order valence-corrected chi connectivity index (χ1v) is 6.56. The number of aromatic nitrogens is 1. The third kappa shape index (κ3) is 5.12. The fourth-order valence-corrected chi connectivity index (χ4v) is 1.46. The highest BCUT2D eigenvalue weighted by molar-refractivity contribution is 5.62. The molecule has 104 valence electrons. The van der Waals surface area contributed by atoms with Crippen molar-refractivity contribution in [2.75, 3.05) is 13.6 Å². The molecule has 1 atom stereocenters. The normalized spacial score (nSPS) is 12.4. The molecule has 19 heavy (non-hydrogen) atoms. The topological polar surface area (TPSA) is 37.7 Å². The van der Waals surface area contributed by atoms with Gasteiger partial charge in [0.15, 0.2) is 0 Å². The summed E-state index contributed by atoms with van der Waals surface area (Å²) in [6.45, 7) is 10.6. The molecule has 1 aromatic heterocycles. The van der Waals surface area contributed by atoms with Crippen LogP contribution in [0.1, 0.15) is 26.0 Å². The molecule has 0 radical (unpaired) electrons. The fourth-order valence-electron chi connectivity index (χ4n) is 1.46. The first-order valence-electron chi connectivity index (χ1n) is 6.56. The molecule has 1 rings (SSSR count). The van der Waals surface area contributed by atoms with Crippen LogP contribution in [0, 0.1) is 6.92 Å². The van der Waals surface area contributed by atoms with E-state index < -0.39 is 0 Å². The van der Waals surface area contributed by atoms with E-state index in [0.717, 1.165) is 24.3 Å². The Hall–Kier alpha value is -1.84. The third-order valence-corrected chi connectivity index (χ3v) is 2.75. The minimum atomic E-state index is 0.0879. The standard InChI is InChI=1S/C15H23N3O/c1-6-8-12(3)19-15-10-9-14(13(4)17-15)16-11-18(5)7-2/h6,9-12H,1,7-8H2,2-5H3/b16-11+. The molecule has 0 aromatic carbocycles. The summed E-state index contributed by atoms with van der Waals surface area (Å²) in [7, 11) is 1.99. The average molecular weight is 261 g/mol.